The topological polar surface area (TPSA) is 21.3 Å². The van der Waals surface area contributed by atoms with Crippen molar-refractivity contribution in [3.05, 3.63) is 0 Å². The van der Waals surface area contributed by atoms with E-state index >= 15 is 0 Å². The Morgan fingerprint density at radius 1 is 1.11 bits per heavy atom. The van der Waals surface area contributed by atoms with Crippen LogP contribution in [0.4, 0.5) is 0 Å². The molecule has 2 atom stereocenters. The van der Waals surface area contributed by atoms with Crippen LogP contribution in [0.3, 0.4) is 0 Å². The summed E-state index contributed by atoms with van der Waals surface area (Å²) in [5.74, 6) is 1.69. The molecule has 0 amide bonds. The van der Waals surface area contributed by atoms with Crippen LogP contribution in [0.2, 0.25) is 0 Å². The van der Waals surface area contributed by atoms with Gasteiger partial charge in [-0.05, 0) is 0 Å². The second kappa shape index (κ2) is 2.86. The summed E-state index contributed by atoms with van der Waals surface area (Å²) in [4.78, 5) is 0. The molecule has 2 nitrogen and oxygen atoms in total. The SMILES string of the molecule is C1NCC2COCC12.Cl. The predicted octanol–water partition coefficient (Wildman–Crippen LogP) is 0.274. The summed E-state index contributed by atoms with van der Waals surface area (Å²) in [7, 11) is 0. The number of nitrogens with one attached hydrogen (secondary N) is 1. The third kappa shape index (κ3) is 1.20. The molecule has 1 N–H and O–H groups in total. The Kier molecular flexibility index (Phi) is 2.33. The van der Waals surface area contributed by atoms with Crippen molar-refractivity contribution in [3.63, 3.8) is 0 Å². The highest BCUT2D eigenvalue weighted by atomic mass is 35.5. The molecule has 0 saturated carbocycles. The van der Waals surface area contributed by atoms with Gasteiger partial charge in [0.2, 0.25) is 0 Å². The minimum absolute atomic E-state index is 0. The van der Waals surface area contributed by atoms with E-state index in [2.05, 4.69) is 5.32 Å². The molecule has 2 rings (SSSR count). The molecule has 0 aliphatic carbocycles. The second-order valence-corrected chi connectivity index (χ2v) is 2.72. The standard InChI is InChI=1S/C6H11NO.ClH/c1-5-3-8-4-6(5)2-7-1;/h5-7H,1-4H2;1H. The zero-order valence-corrected chi connectivity index (χ0v) is 6.12. The average molecular weight is 150 g/mol. The van der Waals surface area contributed by atoms with E-state index in [1.54, 1.807) is 0 Å². The lowest BCUT2D eigenvalue weighted by Crippen LogP contribution is -2.11. The first-order chi connectivity index (χ1) is 3.97. The number of rotatable bonds is 0. The first-order valence-electron chi connectivity index (χ1n) is 3.25. The van der Waals surface area contributed by atoms with Crippen molar-refractivity contribution in [2.45, 2.75) is 0 Å². The fraction of sp³-hybridized carbons (Fsp3) is 1.00. The van der Waals surface area contributed by atoms with Crippen molar-refractivity contribution in [2.75, 3.05) is 26.3 Å². The number of ether oxygens (including phenoxy) is 1. The summed E-state index contributed by atoms with van der Waals surface area (Å²) in [6.45, 7) is 4.37. The lowest BCUT2D eigenvalue weighted by Gasteiger charge is -1.99. The smallest absolute Gasteiger partial charge is 0.0510 e. The zero-order valence-electron chi connectivity index (χ0n) is 5.30. The van der Waals surface area contributed by atoms with E-state index in [0.29, 0.717) is 0 Å². The van der Waals surface area contributed by atoms with Gasteiger partial charge < -0.3 is 10.1 Å². The molecule has 0 aromatic carbocycles. The number of hydrogen-bond donors (Lipinski definition) is 1. The quantitative estimate of drug-likeness (QED) is 0.534. The van der Waals surface area contributed by atoms with Gasteiger partial charge in [0.25, 0.3) is 0 Å². The number of halogens is 1. The minimum Gasteiger partial charge on any atom is -0.381 e. The lowest BCUT2D eigenvalue weighted by atomic mass is 10.0. The number of fused-ring (bicyclic) bond motifs is 1. The molecule has 2 aliphatic heterocycles. The van der Waals surface area contributed by atoms with Gasteiger partial charge in [0.1, 0.15) is 0 Å². The van der Waals surface area contributed by atoms with Gasteiger partial charge in [0, 0.05) is 24.9 Å². The third-order valence-corrected chi connectivity index (χ3v) is 2.14. The van der Waals surface area contributed by atoms with Gasteiger partial charge >= 0.3 is 0 Å². The molecular formula is C6H12ClNO. The Bertz CT molecular complexity index is 79.1. The van der Waals surface area contributed by atoms with Gasteiger partial charge in [-0.3, -0.25) is 0 Å². The number of hydrogen-bond acceptors (Lipinski definition) is 2. The Hall–Kier alpha value is 0.210. The van der Waals surface area contributed by atoms with E-state index in [1.165, 1.54) is 13.1 Å². The predicted molar refractivity (Wildman–Crippen MR) is 37.9 cm³/mol. The van der Waals surface area contributed by atoms with E-state index in [1.807, 2.05) is 0 Å². The van der Waals surface area contributed by atoms with Crippen molar-refractivity contribution in [3.8, 4) is 0 Å². The molecule has 2 unspecified atom stereocenters. The van der Waals surface area contributed by atoms with Crippen LogP contribution in [0.1, 0.15) is 0 Å². The Labute approximate surface area is 61.4 Å². The van der Waals surface area contributed by atoms with Gasteiger partial charge in [0.05, 0.1) is 13.2 Å². The minimum atomic E-state index is 0. The molecule has 2 aliphatic rings. The van der Waals surface area contributed by atoms with Crippen LogP contribution in [0.25, 0.3) is 0 Å². The van der Waals surface area contributed by atoms with Gasteiger partial charge in [-0.2, -0.15) is 0 Å². The van der Waals surface area contributed by atoms with E-state index in [4.69, 9.17) is 4.74 Å². The average Bonchev–Trinajstić information content (AvgIpc) is 2.15. The van der Waals surface area contributed by atoms with Crippen LogP contribution in [-0.4, -0.2) is 26.3 Å². The summed E-state index contributed by atoms with van der Waals surface area (Å²) in [6.07, 6.45) is 0. The normalized spacial score (nSPS) is 40.0. The summed E-state index contributed by atoms with van der Waals surface area (Å²) in [5.41, 5.74) is 0. The molecule has 2 fully saturated rings. The molecule has 3 heteroatoms. The van der Waals surface area contributed by atoms with E-state index in [-0.39, 0.29) is 12.4 Å². The maximum atomic E-state index is 5.27. The molecule has 0 spiro atoms. The first kappa shape index (κ1) is 7.32. The maximum absolute atomic E-state index is 5.27. The van der Waals surface area contributed by atoms with Crippen molar-refractivity contribution in [2.24, 2.45) is 11.8 Å². The first-order valence-corrected chi connectivity index (χ1v) is 3.25. The molecular weight excluding hydrogens is 138 g/mol. The highest BCUT2D eigenvalue weighted by molar-refractivity contribution is 5.85. The molecule has 2 heterocycles. The Morgan fingerprint density at radius 3 is 2.22 bits per heavy atom. The monoisotopic (exact) mass is 149 g/mol. The molecule has 54 valence electrons. The Balaban J connectivity index is 0.000000405. The van der Waals surface area contributed by atoms with Gasteiger partial charge in [-0.25, -0.2) is 0 Å². The van der Waals surface area contributed by atoms with Gasteiger partial charge in [-0.1, -0.05) is 0 Å². The molecule has 0 aromatic rings. The fourth-order valence-electron chi connectivity index (χ4n) is 1.55. The maximum Gasteiger partial charge on any atom is 0.0510 e. The van der Waals surface area contributed by atoms with Crippen molar-refractivity contribution in [1.82, 2.24) is 5.32 Å². The molecule has 0 aromatic heterocycles. The molecule has 0 bridgehead atoms. The van der Waals surface area contributed by atoms with Crippen LogP contribution < -0.4 is 5.32 Å². The summed E-state index contributed by atoms with van der Waals surface area (Å²) < 4.78 is 5.27. The highest BCUT2D eigenvalue weighted by Crippen LogP contribution is 2.22. The second-order valence-electron chi connectivity index (χ2n) is 2.72. The van der Waals surface area contributed by atoms with Crippen LogP contribution in [-0.2, 0) is 4.74 Å². The van der Waals surface area contributed by atoms with Crippen LogP contribution in [0.5, 0.6) is 0 Å². The summed E-state index contributed by atoms with van der Waals surface area (Å²) in [6, 6.07) is 0. The Morgan fingerprint density at radius 2 is 1.67 bits per heavy atom. The van der Waals surface area contributed by atoms with Crippen LogP contribution >= 0.6 is 12.4 Å². The zero-order chi connectivity index (χ0) is 5.40. The molecule has 0 radical (unpaired) electrons. The molecule has 9 heavy (non-hydrogen) atoms. The lowest BCUT2D eigenvalue weighted by molar-refractivity contribution is 0.175. The van der Waals surface area contributed by atoms with Gasteiger partial charge in [0.15, 0.2) is 0 Å². The van der Waals surface area contributed by atoms with Crippen LogP contribution in [0.15, 0.2) is 0 Å². The van der Waals surface area contributed by atoms with Crippen molar-refractivity contribution < 1.29 is 4.74 Å². The largest absolute Gasteiger partial charge is 0.381 e. The van der Waals surface area contributed by atoms with Crippen LogP contribution in [0, 0.1) is 11.8 Å². The van der Waals surface area contributed by atoms with E-state index in [0.717, 1.165) is 25.0 Å². The fourth-order valence-corrected chi connectivity index (χ4v) is 1.55. The van der Waals surface area contributed by atoms with E-state index < -0.39 is 0 Å². The van der Waals surface area contributed by atoms with Crippen molar-refractivity contribution >= 4 is 12.4 Å². The van der Waals surface area contributed by atoms with Crippen molar-refractivity contribution in [1.29, 1.82) is 0 Å². The molecule has 2 saturated heterocycles. The highest BCUT2D eigenvalue weighted by Gasteiger charge is 2.31. The third-order valence-electron chi connectivity index (χ3n) is 2.14. The summed E-state index contributed by atoms with van der Waals surface area (Å²) in [5, 5.41) is 3.34. The van der Waals surface area contributed by atoms with Gasteiger partial charge in [-0.15, -0.1) is 12.4 Å². The summed E-state index contributed by atoms with van der Waals surface area (Å²) >= 11 is 0. The van der Waals surface area contributed by atoms with E-state index in [9.17, 15) is 0 Å².